The average molecular weight is 233 g/mol. The van der Waals surface area contributed by atoms with Crippen LogP contribution in [0.4, 0.5) is 0 Å². The van der Waals surface area contributed by atoms with Crippen molar-refractivity contribution < 1.29 is 14.3 Å². The number of hydrogen-bond acceptors (Lipinski definition) is 3. The highest BCUT2D eigenvalue weighted by Gasteiger charge is 2.12. The number of carbonyl (C=O) groups is 1. The van der Waals surface area contributed by atoms with Crippen LogP contribution in [0.2, 0.25) is 0 Å². The van der Waals surface area contributed by atoms with Crippen molar-refractivity contribution >= 4 is 12.0 Å². The largest absolute Gasteiger partial charge is 0.454 e. The summed E-state index contributed by atoms with van der Waals surface area (Å²) < 4.78 is 10.5. The van der Waals surface area contributed by atoms with Crippen molar-refractivity contribution in [3.8, 4) is 11.5 Å². The topological polar surface area (TPSA) is 47.6 Å². The fourth-order valence-corrected chi connectivity index (χ4v) is 1.50. The maximum absolute atomic E-state index is 11.4. The molecule has 2 rings (SSSR count). The van der Waals surface area contributed by atoms with Crippen LogP contribution in [0.3, 0.4) is 0 Å². The zero-order chi connectivity index (χ0) is 12.1. The van der Waals surface area contributed by atoms with Gasteiger partial charge in [0.25, 0.3) is 0 Å². The second-order valence-corrected chi connectivity index (χ2v) is 3.74. The van der Waals surface area contributed by atoms with Gasteiger partial charge in [-0.25, -0.2) is 0 Å². The van der Waals surface area contributed by atoms with Crippen molar-refractivity contribution in [2.75, 3.05) is 13.3 Å². The number of rotatable bonds is 4. The first kappa shape index (κ1) is 11.5. The zero-order valence-electron chi connectivity index (χ0n) is 9.73. The SMILES string of the molecule is CCCNC(=O)C=Cc1ccc2c(c1)OCO2. The molecule has 17 heavy (non-hydrogen) atoms. The molecule has 1 N–H and O–H groups in total. The summed E-state index contributed by atoms with van der Waals surface area (Å²) in [6, 6.07) is 5.58. The standard InChI is InChI=1S/C13H15NO3/c1-2-7-14-13(15)6-4-10-3-5-11-12(8-10)17-9-16-11/h3-6,8H,2,7,9H2,1H3,(H,14,15). The molecule has 1 aliphatic rings. The summed E-state index contributed by atoms with van der Waals surface area (Å²) in [5.74, 6) is 1.39. The zero-order valence-corrected chi connectivity index (χ0v) is 9.73. The van der Waals surface area contributed by atoms with Gasteiger partial charge in [0.2, 0.25) is 12.7 Å². The first-order chi connectivity index (χ1) is 8.29. The van der Waals surface area contributed by atoms with Gasteiger partial charge in [-0.05, 0) is 30.2 Å². The average Bonchev–Trinajstić information content (AvgIpc) is 2.81. The predicted molar refractivity (Wildman–Crippen MR) is 64.9 cm³/mol. The maximum Gasteiger partial charge on any atom is 0.243 e. The number of amides is 1. The number of hydrogen-bond donors (Lipinski definition) is 1. The van der Waals surface area contributed by atoms with E-state index in [0.29, 0.717) is 6.54 Å². The van der Waals surface area contributed by atoms with Gasteiger partial charge in [0.15, 0.2) is 11.5 Å². The Morgan fingerprint density at radius 2 is 2.24 bits per heavy atom. The van der Waals surface area contributed by atoms with Crippen LogP contribution in [0.5, 0.6) is 11.5 Å². The fraction of sp³-hybridized carbons (Fsp3) is 0.308. The predicted octanol–water partition coefficient (Wildman–Crippen LogP) is 1.95. The molecule has 1 aromatic rings. The van der Waals surface area contributed by atoms with E-state index in [0.717, 1.165) is 23.5 Å². The van der Waals surface area contributed by atoms with Gasteiger partial charge in [-0.2, -0.15) is 0 Å². The third-order valence-electron chi connectivity index (χ3n) is 2.37. The minimum absolute atomic E-state index is 0.0792. The second-order valence-electron chi connectivity index (χ2n) is 3.74. The Kier molecular flexibility index (Phi) is 3.65. The Hall–Kier alpha value is -1.97. The lowest BCUT2D eigenvalue weighted by molar-refractivity contribution is -0.116. The van der Waals surface area contributed by atoms with E-state index in [4.69, 9.17) is 9.47 Å². The molecule has 0 aromatic heterocycles. The Balaban J connectivity index is 1.99. The molecule has 0 fully saturated rings. The minimum atomic E-state index is -0.0792. The molecule has 4 heteroatoms. The van der Waals surface area contributed by atoms with Crippen molar-refractivity contribution in [1.82, 2.24) is 5.32 Å². The Morgan fingerprint density at radius 1 is 1.41 bits per heavy atom. The molecule has 0 saturated carbocycles. The lowest BCUT2D eigenvalue weighted by atomic mass is 10.2. The first-order valence-electron chi connectivity index (χ1n) is 5.65. The minimum Gasteiger partial charge on any atom is -0.454 e. The summed E-state index contributed by atoms with van der Waals surface area (Å²) >= 11 is 0. The molecule has 0 saturated heterocycles. The lowest BCUT2D eigenvalue weighted by Gasteiger charge is -1.99. The van der Waals surface area contributed by atoms with Crippen molar-refractivity contribution in [3.05, 3.63) is 29.8 Å². The molecule has 0 atom stereocenters. The summed E-state index contributed by atoms with van der Waals surface area (Å²) in [5.41, 5.74) is 0.917. The molecule has 0 bridgehead atoms. The maximum atomic E-state index is 11.4. The van der Waals surface area contributed by atoms with Gasteiger partial charge < -0.3 is 14.8 Å². The number of carbonyl (C=O) groups excluding carboxylic acids is 1. The van der Waals surface area contributed by atoms with Gasteiger partial charge >= 0.3 is 0 Å². The molecule has 0 aliphatic carbocycles. The van der Waals surface area contributed by atoms with Crippen LogP contribution in [0.25, 0.3) is 6.08 Å². The number of benzene rings is 1. The summed E-state index contributed by atoms with van der Waals surface area (Å²) in [7, 11) is 0. The smallest absolute Gasteiger partial charge is 0.243 e. The molecule has 1 amide bonds. The van der Waals surface area contributed by atoms with Gasteiger partial charge in [0.1, 0.15) is 0 Å². The number of fused-ring (bicyclic) bond motifs is 1. The van der Waals surface area contributed by atoms with E-state index in [-0.39, 0.29) is 12.7 Å². The monoisotopic (exact) mass is 233 g/mol. The van der Waals surface area contributed by atoms with Gasteiger partial charge in [0.05, 0.1) is 0 Å². The molecular weight excluding hydrogens is 218 g/mol. The van der Waals surface area contributed by atoms with E-state index in [9.17, 15) is 4.79 Å². The Bertz CT molecular complexity index is 440. The van der Waals surface area contributed by atoms with Gasteiger partial charge in [-0.1, -0.05) is 13.0 Å². The lowest BCUT2D eigenvalue weighted by Crippen LogP contribution is -2.21. The van der Waals surface area contributed by atoms with E-state index in [2.05, 4.69) is 5.32 Å². The Labute approximate surface area is 100 Å². The summed E-state index contributed by atoms with van der Waals surface area (Å²) in [4.78, 5) is 11.4. The van der Waals surface area contributed by atoms with Crippen molar-refractivity contribution in [1.29, 1.82) is 0 Å². The van der Waals surface area contributed by atoms with Gasteiger partial charge in [-0.3, -0.25) is 4.79 Å². The summed E-state index contributed by atoms with van der Waals surface area (Å²) in [6.45, 7) is 2.98. The molecular formula is C13H15NO3. The number of ether oxygens (including phenoxy) is 2. The normalized spacial score (nSPS) is 13.0. The number of nitrogens with one attached hydrogen (secondary N) is 1. The van der Waals surface area contributed by atoms with E-state index < -0.39 is 0 Å². The van der Waals surface area contributed by atoms with E-state index in [1.54, 1.807) is 6.08 Å². The molecule has 0 radical (unpaired) electrons. The van der Waals surface area contributed by atoms with E-state index in [1.165, 1.54) is 6.08 Å². The van der Waals surface area contributed by atoms with Crippen LogP contribution in [-0.2, 0) is 4.79 Å². The van der Waals surface area contributed by atoms with Crippen LogP contribution in [0.15, 0.2) is 24.3 Å². The highest BCUT2D eigenvalue weighted by molar-refractivity contribution is 5.91. The van der Waals surface area contributed by atoms with Crippen LogP contribution in [-0.4, -0.2) is 19.2 Å². The highest BCUT2D eigenvalue weighted by atomic mass is 16.7. The molecule has 1 aliphatic heterocycles. The molecule has 1 aromatic carbocycles. The fourth-order valence-electron chi connectivity index (χ4n) is 1.50. The van der Waals surface area contributed by atoms with Crippen molar-refractivity contribution in [3.63, 3.8) is 0 Å². The van der Waals surface area contributed by atoms with E-state index in [1.807, 2.05) is 25.1 Å². The molecule has 1 heterocycles. The third-order valence-corrected chi connectivity index (χ3v) is 2.37. The summed E-state index contributed by atoms with van der Waals surface area (Å²) in [6.07, 6.45) is 4.21. The van der Waals surface area contributed by atoms with Gasteiger partial charge in [0, 0.05) is 12.6 Å². The second kappa shape index (κ2) is 5.39. The molecule has 0 unspecified atom stereocenters. The molecule has 4 nitrogen and oxygen atoms in total. The van der Waals surface area contributed by atoms with Crippen molar-refractivity contribution in [2.24, 2.45) is 0 Å². The van der Waals surface area contributed by atoms with E-state index >= 15 is 0 Å². The summed E-state index contributed by atoms with van der Waals surface area (Å²) in [5, 5.41) is 2.77. The van der Waals surface area contributed by atoms with Crippen LogP contribution < -0.4 is 14.8 Å². The third kappa shape index (κ3) is 3.00. The van der Waals surface area contributed by atoms with Gasteiger partial charge in [-0.15, -0.1) is 0 Å². The highest BCUT2D eigenvalue weighted by Crippen LogP contribution is 2.32. The van der Waals surface area contributed by atoms with Crippen LogP contribution >= 0.6 is 0 Å². The molecule has 90 valence electrons. The Morgan fingerprint density at radius 3 is 3.06 bits per heavy atom. The van der Waals surface area contributed by atoms with Crippen LogP contribution in [0, 0.1) is 0 Å². The first-order valence-corrected chi connectivity index (χ1v) is 5.65. The molecule has 0 spiro atoms. The quantitative estimate of drug-likeness (QED) is 0.809. The van der Waals surface area contributed by atoms with Crippen molar-refractivity contribution in [2.45, 2.75) is 13.3 Å². The van der Waals surface area contributed by atoms with Crippen LogP contribution in [0.1, 0.15) is 18.9 Å².